The molecule has 0 aromatic heterocycles. The van der Waals surface area contributed by atoms with Crippen LogP contribution >= 0.6 is 0 Å². The van der Waals surface area contributed by atoms with E-state index in [2.05, 4.69) is 11.8 Å². The van der Waals surface area contributed by atoms with Crippen molar-refractivity contribution < 1.29 is 38.0 Å². The number of rotatable bonds is 7. The van der Waals surface area contributed by atoms with E-state index >= 15 is 0 Å². The summed E-state index contributed by atoms with van der Waals surface area (Å²) in [6, 6.07) is -0.143. The first kappa shape index (κ1) is 26.4. The maximum Gasteiger partial charge on any atom is 0.337 e. The smallest absolute Gasteiger partial charge is 0.337 e. The van der Waals surface area contributed by atoms with Crippen LogP contribution in [0.4, 0.5) is 0 Å². The van der Waals surface area contributed by atoms with E-state index in [1.54, 1.807) is 28.4 Å². The minimum Gasteiger partial charge on any atom is -0.504 e. The SMILES string of the molecule is CC[C@@H]1CN2CC[C@@]34OCCO[C@@]3(N=C3C=CC(OC)(OC)C(OC)=C34)[C@@H]2C[C@@H]1C(=COC)C(=O)OC. The normalized spacial score (nSPS) is 36.6. The fraction of sp³-hybridized carbons (Fsp3) is 0.704. The van der Waals surface area contributed by atoms with Crippen LogP contribution in [0, 0.1) is 11.8 Å². The Bertz CT molecular complexity index is 1050. The molecule has 10 nitrogen and oxygen atoms in total. The van der Waals surface area contributed by atoms with Gasteiger partial charge in [-0.25, -0.2) is 9.79 Å². The molecule has 0 aromatic rings. The lowest BCUT2D eigenvalue weighted by Crippen LogP contribution is -2.74. The Morgan fingerprint density at radius 3 is 2.59 bits per heavy atom. The zero-order valence-corrected chi connectivity index (χ0v) is 22.6. The maximum absolute atomic E-state index is 12.8. The van der Waals surface area contributed by atoms with Gasteiger partial charge in [0.05, 0.1) is 63.7 Å². The number of aliphatic imine (C=N–C) groups is 1. The Morgan fingerprint density at radius 2 is 1.95 bits per heavy atom. The molecular formula is C27H38N2O8. The average Bonchev–Trinajstić information content (AvgIpc) is 3.25. The van der Waals surface area contributed by atoms with Crippen LogP contribution in [0.5, 0.6) is 0 Å². The fourth-order valence-electron chi connectivity index (χ4n) is 7.19. The fourth-order valence-corrected chi connectivity index (χ4v) is 7.19. The molecule has 3 fully saturated rings. The number of nitrogens with zero attached hydrogens (tertiary/aromatic N) is 2. The van der Waals surface area contributed by atoms with Gasteiger partial charge < -0.3 is 33.2 Å². The predicted octanol–water partition coefficient (Wildman–Crippen LogP) is 2.21. The molecule has 4 heterocycles. The van der Waals surface area contributed by atoms with Crippen LogP contribution in [0.15, 0.2) is 40.3 Å². The summed E-state index contributed by atoms with van der Waals surface area (Å²) in [5, 5.41) is 0. The van der Waals surface area contributed by atoms with Gasteiger partial charge in [-0.2, -0.15) is 0 Å². The van der Waals surface area contributed by atoms with Crippen LogP contribution in [0.3, 0.4) is 0 Å². The van der Waals surface area contributed by atoms with E-state index in [1.807, 2.05) is 12.2 Å². The van der Waals surface area contributed by atoms with E-state index in [0.29, 0.717) is 37.4 Å². The van der Waals surface area contributed by atoms with Gasteiger partial charge >= 0.3 is 5.97 Å². The highest BCUT2D eigenvalue weighted by molar-refractivity contribution is 6.14. The Hall–Kier alpha value is -2.24. The summed E-state index contributed by atoms with van der Waals surface area (Å²) >= 11 is 0. The third kappa shape index (κ3) is 3.56. The Labute approximate surface area is 218 Å². The minimum absolute atomic E-state index is 0.0827. The van der Waals surface area contributed by atoms with Crippen molar-refractivity contribution in [3.05, 3.63) is 35.3 Å². The van der Waals surface area contributed by atoms with Crippen LogP contribution in [-0.4, -0.2) is 102 Å². The van der Waals surface area contributed by atoms with Gasteiger partial charge in [-0.15, -0.1) is 0 Å². The molecule has 0 amide bonds. The van der Waals surface area contributed by atoms with Gasteiger partial charge in [-0.05, 0) is 36.8 Å². The highest BCUT2D eigenvalue weighted by atomic mass is 16.7. The Balaban J connectivity index is 1.65. The van der Waals surface area contributed by atoms with Crippen molar-refractivity contribution in [1.82, 2.24) is 4.90 Å². The molecule has 0 aromatic carbocycles. The summed E-state index contributed by atoms with van der Waals surface area (Å²) in [6.45, 7) is 4.61. The van der Waals surface area contributed by atoms with Crippen molar-refractivity contribution in [2.75, 3.05) is 61.9 Å². The van der Waals surface area contributed by atoms with Crippen molar-refractivity contribution in [3.63, 3.8) is 0 Å². The Kier molecular flexibility index (Phi) is 6.99. The number of ether oxygens (including phenoxy) is 7. The van der Waals surface area contributed by atoms with Crippen molar-refractivity contribution in [3.8, 4) is 0 Å². The molecule has 5 rings (SSSR count). The molecule has 5 aliphatic rings. The van der Waals surface area contributed by atoms with Gasteiger partial charge in [0.1, 0.15) is 0 Å². The number of methoxy groups -OCH3 is 5. The molecule has 0 unspecified atom stereocenters. The number of piperidine rings is 2. The zero-order valence-electron chi connectivity index (χ0n) is 22.6. The predicted molar refractivity (Wildman–Crippen MR) is 134 cm³/mol. The van der Waals surface area contributed by atoms with E-state index < -0.39 is 17.1 Å². The van der Waals surface area contributed by atoms with E-state index in [9.17, 15) is 4.79 Å². The van der Waals surface area contributed by atoms with Gasteiger partial charge in [0.2, 0.25) is 11.5 Å². The standard InChI is InChI=1S/C27H38N2O8/c1-7-17-15-29-11-10-25-22-20(8-9-26(34-5,35-6)23(22)32-3)28-27(25,37-13-12-36-25)21(29)14-18(17)19(16-31-2)24(30)33-4/h8-9,16-18,21H,7,10-15H2,1-6H3/t17-,18+,21+,25+,27+/m1/s1. The summed E-state index contributed by atoms with van der Waals surface area (Å²) in [5.41, 5.74) is 0.222. The molecule has 4 aliphatic heterocycles. The van der Waals surface area contributed by atoms with Gasteiger partial charge in [0, 0.05) is 27.3 Å². The first-order valence-corrected chi connectivity index (χ1v) is 12.9. The van der Waals surface area contributed by atoms with E-state index in [4.69, 9.17) is 38.2 Å². The van der Waals surface area contributed by atoms with Gasteiger partial charge in [-0.1, -0.05) is 13.3 Å². The monoisotopic (exact) mass is 518 g/mol. The topological polar surface area (TPSA) is 97.3 Å². The average molecular weight is 519 g/mol. The van der Waals surface area contributed by atoms with Crippen LogP contribution < -0.4 is 0 Å². The number of allylic oxidation sites excluding steroid dienone is 1. The van der Waals surface area contributed by atoms with Crippen LogP contribution in [-0.2, 0) is 38.0 Å². The van der Waals surface area contributed by atoms with Crippen LogP contribution in [0.1, 0.15) is 26.2 Å². The maximum atomic E-state index is 12.8. The van der Waals surface area contributed by atoms with E-state index in [0.717, 1.165) is 30.8 Å². The first-order valence-electron chi connectivity index (χ1n) is 12.9. The lowest BCUT2D eigenvalue weighted by Gasteiger charge is -2.60. The molecule has 0 saturated carbocycles. The molecule has 204 valence electrons. The number of fused-ring (bicyclic) bond motifs is 2. The third-order valence-electron chi connectivity index (χ3n) is 8.84. The molecule has 0 spiro atoms. The number of carbonyl (C=O) groups excluding carboxylic acids is 1. The molecule has 1 aliphatic carbocycles. The van der Waals surface area contributed by atoms with Crippen molar-refractivity contribution in [1.29, 1.82) is 0 Å². The van der Waals surface area contributed by atoms with Crippen molar-refractivity contribution >= 4 is 11.7 Å². The minimum atomic E-state index is -1.19. The second-order valence-corrected chi connectivity index (χ2v) is 10.1. The zero-order chi connectivity index (χ0) is 26.4. The quantitative estimate of drug-likeness (QED) is 0.217. The molecular weight excluding hydrogens is 480 g/mol. The third-order valence-corrected chi connectivity index (χ3v) is 8.84. The highest BCUT2D eigenvalue weighted by Crippen LogP contribution is 2.59. The lowest BCUT2D eigenvalue weighted by atomic mass is 9.66. The van der Waals surface area contributed by atoms with Gasteiger partial charge in [0.15, 0.2) is 11.4 Å². The highest BCUT2D eigenvalue weighted by Gasteiger charge is 2.72. The molecule has 0 N–H and O–H groups in total. The summed E-state index contributed by atoms with van der Waals surface area (Å²) in [5.74, 6) is -0.866. The second-order valence-electron chi connectivity index (χ2n) is 10.1. The lowest BCUT2D eigenvalue weighted by molar-refractivity contribution is -0.286. The van der Waals surface area contributed by atoms with Gasteiger partial charge in [-0.3, -0.25) is 4.90 Å². The van der Waals surface area contributed by atoms with Gasteiger partial charge in [0.25, 0.3) is 0 Å². The number of hydrogen-bond acceptors (Lipinski definition) is 10. The molecule has 3 saturated heterocycles. The first-order chi connectivity index (χ1) is 17.9. The van der Waals surface area contributed by atoms with Crippen molar-refractivity contribution in [2.45, 2.75) is 49.3 Å². The summed E-state index contributed by atoms with van der Waals surface area (Å²) in [6.07, 6.45) is 7.49. The summed E-state index contributed by atoms with van der Waals surface area (Å²) in [7, 11) is 7.74. The summed E-state index contributed by atoms with van der Waals surface area (Å²) < 4.78 is 41.5. The number of carbonyl (C=O) groups is 1. The number of hydrogen-bond donors (Lipinski definition) is 0. The van der Waals surface area contributed by atoms with E-state index in [-0.39, 0.29) is 23.8 Å². The van der Waals surface area contributed by atoms with Crippen LogP contribution in [0.2, 0.25) is 0 Å². The van der Waals surface area contributed by atoms with E-state index in [1.165, 1.54) is 13.4 Å². The van der Waals surface area contributed by atoms with Crippen LogP contribution in [0.25, 0.3) is 0 Å². The summed E-state index contributed by atoms with van der Waals surface area (Å²) in [4.78, 5) is 20.6. The number of esters is 1. The molecule has 0 radical (unpaired) electrons. The second kappa shape index (κ2) is 9.81. The molecule has 10 heteroatoms. The molecule has 0 bridgehead atoms. The van der Waals surface area contributed by atoms with Crippen molar-refractivity contribution in [2.24, 2.45) is 16.8 Å². The largest absolute Gasteiger partial charge is 0.504 e. The Morgan fingerprint density at radius 1 is 1.19 bits per heavy atom. The molecule has 5 atom stereocenters. The molecule has 37 heavy (non-hydrogen) atoms.